The van der Waals surface area contributed by atoms with E-state index < -0.39 is 72.5 Å². The fourth-order valence-electron chi connectivity index (χ4n) is 3.70. The van der Waals surface area contributed by atoms with E-state index in [1.54, 1.807) is 0 Å². The standard InChI is InChI=1S/C18H28N4O9/c1-7(23)21-15(13(30-9(3)25)6-29-8(2)24)14-12(22-18(19)20)5-11(17(27)28)16(14)31-10(4)26/h11-16H,5-6H2,1-4H3,(H,21,23)(H,27,28)(H4,19,20,22)/t11-,12+,13+,14-,15+,16+/m0/s1. The molecule has 174 valence electrons. The number of ether oxygens (including phenoxy) is 3. The van der Waals surface area contributed by atoms with Crippen molar-refractivity contribution in [2.75, 3.05) is 6.61 Å². The summed E-state index contributed by atoms with van der Waals surface area (Å²) >= 11 is 0. The van der Waals surface area contributed by atoms with E-state index in [1.807, 2.05) is 0 Å². The second-order valence-electron chi connectivity index (χ2n) is 7.13. The molecule has 1 fully saturated rings. The predicted octanol–water partition coefficient (Wildman–Crippen LogP) is -1.72. The number of nitrogens with zero attached hydrogens (tertiary/aromatic N) is 1. The summed E-state index contributed by atoms with van der Waals surface area (Å²) in [6.07, 6.45) is -2.63. The minimum atomic E-state index is -1.27. The summed E-state index contributed by atoms with van der Waals surface area (Å²) in [5.41, 5.74) is 11.0. The Bertz CT molecular complexity index is 750. The van der Waals surface area contributed by atoms with Crippen LogP contribution in [0.25, 0.3) is 0 Å². The molecule has 31 heavy (non-hydrogen) atoms. The van der Waals surface area contributed by atoms with Crippen molar-refractivity contribution in [3.63, 3.8) is 0 Å². The summed E-state index contributed by atoms with van der Waals surface area (Å²) in [4.78, 5) is 62.5. The van der Waals surface area contributed by atoms with Gasteiger partial charge in [0, 0.05) is 33.6 Å². The fourth-order valence-corrected chi connectivity index (χ4v) is 3.70. The molecule has 13 heteroatoms. The van der Waals surface area contributed by atoms with Crippen LogP contribution in [0.4, 0.5) is 0 Å². The number of nitrogens with two attached hydrogens (primary N) is 2. The predicted molar refractivity (Wildman–Crippen MR) is 104 cm³/mol. The quantitative estimate of drug-likeness (QED) is 0.136. The highest BCUT2D eigenvalue weighted by atomic mass is 16.6. The number of guanidine groups is 1. The molecule has 1 amide bonds. The van der Waals surface area contributed by atoms with Crippen molar-refractivity contribution in [3.05, 3.63) is 0 Å². The number of aliphatic imine (C=N–C) groups is 1. The molecule has 0 radical (unpaired) electrons. The number of carboxylic acid groups (broad SMARTS) is 1. The van der Waals surface area contributed by atoms with Gasteiger partial charge in [0.2, 0.25) is 5.91 Å². The molecule has 0 aromatic heterocycles. The Morgan fingerprint density at radius 1 is 1.06 bits per heavy atom. The maximum atomic E-state index is 11.9. The van der Waals surface area contributed by atoms with E-state index in [2.05, 4.69) is 10.3 Å². The minimum absolute atomic E-state index is 0.119. The highest BCUT2D eigenvalue weighted by Crippen LogP contribution is 2.40. The van der Waals surface area contributed by atoms with E-state index in [-0.39, 0.29) is 12.4 Å². The highest BCUT2D eigenvalue weighted by molar-refractivity contribution is 5.77. The number of carbonyl (C=O) groups excluding carboxylic acids is 4. The van der Waals surface area contributed by atoms with Crippen LogP contribution in [-0.4, -0.2) is 71.7 Å². The lowest BCUT2D eigenvalue weighted by Gasteiger charge is -2.36. The van der Waals surface area contributed by atoms with Crippen LogP contribution in [-0.2, 0) is 38.2 Å². The molecule has 1 rings (SSSR count). The van der Waals surface area contributed by atoms with Crippen molar-refractivity contribution < 1.29 is 43.3 Å². The monoisotopic (exact) mass is 444 g/mol. The Hall–Kier alpha value is -3.38. The van der Waals surface area contributed by atoms with Crippen LogP contribution in [0, 0.1) is 11.8 Å². The van der Waals surface area contributed by atoms with Crippen LogP contribution >= 0.6 is 0 Å². The first-order chi connectivity index (χ1) is 14.3. The second-order valence-corrected chi connectivity index (χ2v) is 7.13. The van der Waals surface area contributed by atoms with Crippen molar-refractivity contribution in [2.24, 2.45) is 28.3 Å². The number of aliphatic carboxylic acids is 1. The molecule has 0 aromatic rings. The van der Waals surface area contributed by atoms with Gasteiger partial charge in [0.15, 0.2) is 12.1 Å². The van der Waals surface area contributed by atoms with Gasteiger partial charge in [0.1, 0.15) is 12.7 Å². The molecule has 1 saturated carbocycles. The van der Waals surface area contributed by atoms with Gasteiger partial charge in [-0.15, -0.1) is 0 Å². The summed E-state index contributed by atoms with van der Waals surface area (Å²) in [5, 5.41) is 12.2. The van der Waals surface area contributed by atoms with E-state index in [9.17, 15) is 29.1 Å². The average molecular weight is 444 g/mol. The maximum absolute atomic E-state index is 11.9. The average Bonchev–Trinajstić information content (AvgIpc) is 2.92. The van der Waals surface area contributed by atoms with E-state index in [0.29, 0.717) is 0 Å². The molecular formula is C18H28N4O9. The molecule has 1 aliphatic rings. The summed E-state index contributed by atoms with van der Waals surface area (Å²) in [6.45, 7) is 4.08. The molecule has 0 spiro atoms. The Balaban J connectivity index is 3.55. The molecule has 0 aromatic carbocycles. The third-order valence-electron chi connectivity index (χ3n) is 4.60. The molecule has 13 nitrogen and oxygen atoms in total. The Kier molecular flexibility index (Phi) is 9.21. The van der Waals surface area contributed by atoms with Gasteiger partial charge in [-0.25, -0.2) is 4.99 Å². The molecular weight excluding hydrogens is 416 g/mol. The Labute approximate surface area is 178 Å². The van der Waals surface area contributed by atoms with Gasteiger partial charge in [-0.1, -0.05) is 0 Å². The Morgan fingerprint density at radius 2 is 1.68 bits per heavy atom. The normalized spacial score (nSPS) is 24.3. The van der Waals surface area contributed by atoms with Crippen LogP contribution in [0.2, 0.25) is 0 Å². The molecule has 6 N–H and O–H groups in total. The zero-order chi connectivity index (χ0) is 23.9. The highest BCUT2D eigenvalue weighted by Gasteiger charge is 2.54. The third kappa shape index (κ3) is 7.75. The van der Waals surface area contributed by atoms with E-state index in [1.165, 1.54) is 6.92 Å². The SMILES string of the molecule is CC(=O)N[C@@H]([C@H]1[C@H](OC(C)=O)[C@@H](C(=O)O)C[C@H]1N=C(N)N)[C@@H](COC(C)=O)OC(C)=O. The van der Waals surface area contributed by atoms with Gasteiger partial charge in [0.05, 0.1) is 18.0 Å². The maximum Gasteiger partial charge on any atom is 0.310 e. The van der Waals surface area contributed by atoms with Gasteiger partial charge in [-0.05, 0) is 6.42 Å². The van der Waals surface area contributed by atoms with Gasteiger partial charge >= 0.3 is 23.9 Å². The summed E-state index contributed by atoms with van der Waals surface area (Å²) in [5.74, 6) is -6.59. The van der Waals surface area contributed by atoms with E-state index >= 15 is 0 Å². The van der Waals surface area contributed by atoms with Crippen molar-refractivity contribution in [3.8, 4) is 0 Å². The number of carbonyl (C=O) groups is 5. The number of amides is 1. The number of rotatable bonds is 9. The van der Waals surface area contributed by atoms with Crippen LogP contribution in [0.15, 0.2) is 4.99 Å². The minimum Gasteiger partial charge on any atom is -0.481 e. The van der Waals surface area contributed by atoms with Crippen molar-refractivity contribution >= 4 is 35.7 Å². The van der Waals surface area contributed by atoms with Crippen LogP contribution in [0.5, 0.6) is 0 Å². The van der Waals surface area contributed by atoms with Crippen molar-refractivity contribution in [1.82, 2.24) is 5.32 Å². The largest absolute Gasteiger partial charge is 0.481 e. The number of hydrogen-bond donors (Lipinski definition) is 4. The van der Waals surface area contributed by atoms with Gasteiger partial charge < -0.3 is 36.1 Å². The summed E-state index contributed by atoms with van der Waals surface area (Å²) < 4.78 is 15.5. The molecule has 0 unspecified atom stereocenters. The zero-order valence-corrected chi connectivity index (χ0v) is 17.7. The van der Waals surface area contributed by atoms with Crippen LogP contribution in [0.3, 0.4) is 0 Å². The molecule has 6 atom stereocenters. The Morgan fingerprint density at radius 3 is 2.10 bits per heavy atom. The lowest BCUT2D eigenvalue weighted by atomic mass is 9.87. The lowest BCUT2D eigenvalue weighted by Crippen LogP contribution is -2.56. The topological polar surface area (TPSA) is 210 Å². The first kappa shape index (κ1) is 25.7. The smallest absolute Gasteiger partial charge is 0.310 e. The summed E-state index contributed by atoms with van der Waals surface area (Å²) in [7, 11) is 0. The van der Waals surface area contributed by atoms with Crippen LogP contribution < -0.4 is 16.8 Å². The fraction of sp³-hybridized carbons (Fsp3) is 0.667. The zero-order valence-electron chi connectivity index (χ0n) is 17.7. The molecule has 1 aliphatic carbocycles. The van der Waals surface area contributed by atoms with Gasteiger partial charge in [-0.2, -0.15) is 0 Å². The number of esters is 3. The van der Waals surface area contributed by atoms with Crippen molar-refractivity contribution in [2.45, 2.75) is 58.4 Å². The van der Waals surface area contributed by atoms with E-state index in [0.717, 1.165) is 20.8 Å². The molecule has 0 bridgehead atoms. The third-order valence-corrected chi connectivity index (χ3v) is 4.60. The first-order valence-corrected chi connectivity index (χ1v) is 9.39. The van der Waals surface area contributed by atoms with E-state index in [4.69, 9.17) is 25.7 Å². The van der Waals surface area contributed by atoms with Gasteiger partial charge in [-0.3, -0.25) is 24.0 Å². The molecule has 0 saturated heterocycles. The number of nitrogens with one attached hydrogen (secondary N) is 1. The number of carboxylic acids is 1. The van der Waals surface area contributed by atoms with Gasteiger partial charge in [0.25, 0.3) is 0 Å². The van der Waals surface area contributed by atoms with Crippen molar-refractivity contribution in [1.29, 1.82) is 0 Å². The number of hydrogen-bond acceptors (Lipinski definition) is 9. The van der Waals surface area contributed by atoms with Crippen LogP contribution in [0.1, 0.15) is 34.1 Å². The summed E-state index contributed by atoms with van der Waals surface area (Å²) in [6, 6.07) is -2.06. The molecule has 0 aliphatic heterocycles. The second kappa shape index (κ2) is 11.1. The molecule has 0 heterocycles. The lowest BCUT2D eigenvalue weighted by molar-refractivity contribution is -0.165. The first-order valence-electron chi connectivity index (χ1n) is 9.39.